The minimum absolute atomic E-state index is 0.114. The highest BCUT2D eigenvalue weighted by Gasteiger charge is 2.12. The number of methoxy groups -OCH3 is 1. The van der Waals surface area contributed by atoms with E-state index in [0.29, 0.717) is 32.1 Å². The average molecular weight is 466 g/mol. The van der Waals surface area contributed by atoms with Crippen molar-refractivity contribution in [2.45, 2.75) is 13.5 Å². The van der Waals surface area contributed by atoms with Crippen molar-refractivity contribution < 1.29 is 14.3 Å². The number of rotatable bonds is 7. The molecule has 0 unspecified atom stereocenters. The van der Waals surface area contributed by atoms with Gasteiger partial charge in [0.1, 0.15) is 18.1 Å². The highest BCUT2D eigenvalue weighted by molar-refractivity contribution is 6.43. The van der Waals surface area contributed by atoms with Gasteiger partial charge >= 0.3 is 0 Å². The Morgan fingerprint density at radius 3 is 2.50 bits per heavy atom. The van der Waals surface area contributed by atoms with Crippen LogP contribution in [0.4, 0.5) is 0 Å². The number of carbonyl (C=O) groups is 1. The van der Waals surface area contributed by atoms with Gasteiger partial charge in [-0.1, -0.05) is 46.9 Å². The molecule has 8 heteroatoms. The number of aromatic nitrogens is 2. The van der Waals surface area contributed by atoms with Crippen LogP contribution in [-0.2, 0) is 13.7 Å². The van der Waals surface area contributed by atoms with Crippen LogP contribution in [0.2, 0.25) is 15.1 Å². The molecule has 0 aliphatic carbocycles. The molecule has 156 valence electrons. The van der Waals surface area contributed by atoms with Gasteiger partial charge in [0, 0.05) is 24.4 Å². The molecule has 0 atom stereocenters. The molecule has 5 nitrogen and oxygen atoms in total. The van der Waals surface area contributed by atoms with Crippen molar-refractivity contribution in [2.24, 2.45) is 7.05 Å². The van der Waals surface area contributed by atoms with E-state index in [0.717, 1.165) is 16.8 Å². The van der Waals surface area contributed by atoms with Crippen molar-refractivity contribution in [3.8, 4) is 11.5 Å². The molecule has 1 heterocycles. The third-order valence-electron chi connectivity index (χ3n) is 4.59. The Bertz CT molecular complexity index is 1120. The summed E-state index contributed by atoms with van der Waals surface area (Å²) in [5.74, 6) is 0.950. The SMILES string of the molecule is COc1ccc(/C=C/C(=O)c2cnn(C)c2C)cc1COc1cc(Cl)c(Cl)cc1Cl. The van der Waals surface area contributed by atoms with E-state index in [1.165, 1.54) is 12.1 Å². The molecule has 0 spiro atoms. The molecule has 3 aromatic rings. The molecule has 0 amide bonds. The first-order chi connectivity index (χ1) is 14.3. The number of benzene rings is 2. The van der Waals surface area contributed by atoms with Crippen molar-refractivity contribution >= 4 is 46.7 Å². The lowest BCUT2D eigenvalue weighted by Crippen LogP contribution is -2.00. The third-order valence-corrected chi connectivity index (χ3v) is 5.61. The molecule has 0 radical (unpaired) electrons. The number of allylic oxidation sites excluding steroid dienone is 1. The number of ether oxygens (including phenoxy) is 2. The van der Waals surface area contributed by atoms with E-state index in [4.69, 9.17) is 44.3 Å². The van der Waals surface area contributed by atoms with Gasteiger partial charge in [-0.15, -0.1) is 0 Å². The molecule has 3 rings (SSSR count). The third kappa shape index (κ3) is 4.98. The Morgan fingerprint density at radius 2 is 1.83 bits per heavy atom. The van der Waals surface area contributed by atoms with Crippen molar-refractivity contribution in [2.75, 3.05) is 7.11 Å². The first kappa shape index (κ1) is 22.2. The summed E-state index contributed by atoms with van der Waals surface area (Å²) in [4.78, 5) is 12.4. The van der Waals surface area contributed by atoms with Gasteiger partial charge in [0.25, 0.3) is 0 Å². The van der Waals surface area contributed by atoms with Crippen LogP contribution in [0.3, 0.4) is 0 Å². The maximum atomic E-state index is 12.4. The summed E-state index contributed by atoms with van der Waals surface area (Å²) in [6.45, 7) is 2.04. The van der Waals surface area contributed by atoms with Gasteiger partial charge in [0.15, 0.2) is 5.78 Å². The van der Waals surface area contributed by atoms with Crippen LogP contribution in [0.1, 0.15) is 27.2 Å². The molecular formula is C22H19Cl3N2O3. The Labute approximate surface area is 189 Å². The molecule has 0 N–H and O–H groups in total. The fraction of sp³-hybridized carbons (Fsp3) is 0.182. The smallest absolute Gasteiger partial charge is 0.189 e. The molecule has 0 fully saturated rings. The standard InChI is InChI=1S/C22H19Cl3N2O3/c1-13-16(11-26-27(13)2)20(28)6-4-14-5-7-21(29-3)15(8-14)12-30-22-10-18(24)17(23)9-19(22)25/h4-11H,12H2,1-3H3/b6-4+. The minimum Gasteiger partial charge on any atom is -0.496 e. The Balaban J connectivity index is 1.79. The van der Waals surface area contributed by atoms with Gasteiger partial charge in [-0.3, -0.25) is 9.48 Å². The van der Waals surface area contributed by atoms with Gasteiger partial charge in [0.2, 0.25) is 0 Å². The van der Waals surface area contributed by atoms with Crippen LogP contribution < -0.4 is 9.47 Å². The predicted molar refractivity (Wildman–Crippen MR) is 120 cm³/mol. The van der Waals surface area contributed by atoms with Crippen molar-refractivity contribution in [1.29, 1.82) is 0 Å². The maximum absolute atomic E-state index is 12.4. The second-order valence-corrected chi connectivity index (χ2v) is 7.74. The van der Waals surface area contributed by atoms with Crippen molar-refractivity contribution in [3.63, 3.8) is 0 Å². The minimum atomic E-state index is -0.114. The topological polar surface area (TPSA) is 53.3 Å². The lowest BCUT2D eigenvalue weighted by molar-refractivity contribution is 0.104. The van der Waals surface area contributed by atoms with E-state index in [-0.39, 0.29) is 12.4 Å². The normalized spacial score (nSPS) is 11.1. The van der Waals surface area contributed by atoms with Gasteiger partial charge in [0.05, 0.1) is 33.9 Å². The number of halogens is 3. The van der Waals surface area contributed by atoms with Crippen LogP contribution in [0, 0.1) is 6.92 Å². The first-order valence-corrected chi connectivity index (χ1v) is 10.1. The second kappa shape index (κ2) is 9.56. The number of hydrogen-bond donors (Lipinski definition) is 0. The number of nitrogens with zero attached hydrogens (tertiary/aromatic N) is 2. The van der Waals surface area contributed by atoms with E-state index in [1.807, 2.05) is 25.1 Å². The Morgan fingerprint density at radius 1 is 1.10 bits per heavy atom. The molecule has 2 aromatic carbocycles. The molecule has 30 heavy (non-hydrogen) atoms. The number of ketones is 1. The van der Waals surface area contributed by atoms with E-state index in [2.05, 4.69) is 5.10 Å². The summed E-state index contributed by atoms with van der Waals surface area (Å²) in [5.41, 5.74) is 2.99. The van der Waals surface area contributed by atoms with Gasteiger partial charge in [-0.25, -0.2) is 0 Å². The highest BCUT2D eigenvalue weighted by atomic mass is 35.5. The molecule has 0 saturated heterocycles. The van der Waals surface area contributed by atoms with Crippen molar-refractivity contribution in [3.05, 3.63) is 80.1 Å². The van der Waals surface area contributed by atoms with Crippen LogP contribution >= 0.6 is 34.8 Å². The first-order valence-electron chi connectivity index (χ1n) is 8.95. The molecular weight excluding hydrogens is 447 g/mol. The monoisotopic (exact) mass is 464 g/mol. The Hall–Kier alpha value is -2.47. The van der Waals surface area contributed by atoms with Crippen LogP contribution in [-0.4, -0.2) is 22.7 Å². The zero-order valence-electron chi connectivity index (χ0n) is 16.6. The molecule has 0 aliphatic heterocycles. The number of hydrogen-bond acceptors (Lipinski definition) is 4. The van der Waals surface area contributed by atoms with Gasteiger partial charge in [-0.2, -0.15) is 5.10 Å². The number of carbonyl (C=O) groups excluding carboxylic acids is 1. The fourth-order valence-corrected chi connectivity index (χ4v) is 3.38. The second-order valence-electron chi connectivity index (χ2n) is 6.52. The maximum Gasteiger partial charge on any atom is 0.189 e. The summed E-state index contributed by atoms with van der Waals surface area (Å²) >= 11 is 18.2. The summed E-state index contributed by atoms with van der Waals surface area (Å²) in [6.07, 6.45) is 4.83. The van der Waals surface area contributed by atoms with Gasteiger partial charge < -0.3 is 9.47 Å². The van der Waals surface area contributed by atoms with Crippen LogP contribution in [0.15, 0.2) is 42.6 Å². The molecule has 1 aromatic heterocycles. The quantitative estimate of drug-likeness (QED) is 0.238. The number of aryl methyl sites for hydroxylation is 1. The van der Waals surface area contributed by atoms with Crippen molar-refractivity contribution in [1.82, 2.24) is 9.78 Å². The zero-order chi connectivity index (χ0) is 21.8. The van der Waals surface area contributed by atoms with Crippen LogP contribution in [0.25, 0.3) is 6.08 Å². The van der Waals surface area contributed by atoms with Crippen LogP contribution in [0.5, 0.6) is 11.5 Å². The predicted octanol–water partition coefficient (Wildman–Crippen LogP) is 6.17. The van der Waals surface area contributed by atoms with Gasteiger partial charge in [-0.05, 0) is 36.8 Å². The lowest BCUT2D eigenvalue weighted by atomic mass is 10.1. The highest BCUT2D eigenvalue weighted by Crippen LogP contribution is 2.34. The van der Waals surface area contributed by atoms with E-state index < -0.39 is 0 Å². The van der Waals surface area contributed by atoms with E-state index in [9.17, 15) is 4.79 Å². The summed E-state index contributed by atoms with van der Waals surface area (Å²) < 4.78 is 12.9. The largest absolute Gasteiger partial charge is 0.496 e. The summed E-state index contributed by atoms with van der Waals surface area (Å²) in [6, 6.07) is 8.65. The molecule has 0 bridgehead atoms. The summed E-state index contributed by atoms with van der Waals surface area (Å²) in [5, 5.41) is 5.16. The average Bonchev–Trinajstić information content (AvgIpc) is 3.06. The molecule has 0 saturated carbocycles. The zero-order valence-corrected chi connectivity index (χ0v) is 18.8. The van der Waals surface area contributed by atoms with E-state index >= 15 is 0 Å². The summed E-state index contributed by atoms with van der Waals surface area (Å²) in [7, 11) is 3.38. The fourth-order valence-electron chi connectivity index (χ4n) is 2.79. The van der Waals surface area contributed by atoms with E-state index in [1.54, 1.807) is 37.2 Å². The molecule has 0 aliphatic rings. The lowest BCUT2D eigenvalue weighted by Gasteiger charge is -2.13. The Kier molecular flexibility index (Phi) is 7.08.